The Balaban J connectivity index is 0.000000330. The topological polar surface area (TPSA) is 337 Å². The Labute approximate surface area is 369 Å². The standard InChI is InChI=1S/C20H13N3O7S.C20H11N3O7S.Cr/c2*24-16-8-5-11-3-1-2-4-13(11)19(16)21-22-20-14-7-6-12(23(26)27)9-15(14)18(10-17(20)25)31(28,29)30;/h1-10,24-25H,(H,28,29,30);1-10H,(H,28,29,30);/q;-2;+3/p-1. The average molecular weight is 928 g/mol. The van der Waals surface area contributed by atoms with Gasteiger partial charge in [-0.3, -0.25) is 19.7 Å². The molecule has 2 aliphatic rings. The number of non-ortho nitro benzene ring substituents is 1. The van der Waals surface area contributed by atoms with E-state index < -0.39 is 74.6 Å². The fraction of sp³-hybridized carbons (Fsp3) is 0. The molecule has 0 unspecified atom stereocenters. The van der Waals surface area contributed by atoms with Crippen LogP contribution in [0.15, 0.2) is 141 Å². The van der Waals surface area contributed by atoms with Crippen LogP contribution in [0.5, 0.6) is 11.5 Å². The zero-order chi connectivity index (χ0) is 44.7. The Morgan fingerprint density at radius 3 is 1.94 bits per heavy atom. The fourth-order valence-corrected chi connectivity index (χ4v) is 7.78. The quantitative estimate of drug-likeness (QED) is 0.0831. The fourth-order valence-electron chi connectivity index (χ4n) is 6.40. The van der Waals surface area contributed by atoms with Gasteiger partial charge in [0.15, 0.2) is 0 Å². The van der Waals surface area contributed by atoms with Gasteiger partial charge in [0.2, 0.25) is 11.6 Å². The molecule has 8 rings (SSSR count). The molecular formula is C40H23CrN6O14S2. The molecule has 6 aromatic carbocycles. The van der Waals surface area contributed by atoms with Crippen molar-refractivity contribution in [3.63, 3.8) is 0 Å². The Morgan fingerprint density at radius 1 is 0.619 bits per heavy atom. The number of nitrogens with zero attached hydrogens (tertiary/aromatic N) is 6. The Kier molecular flexibility index (Phi) is 12.6. The number of carbonyl (C=O) groups is 2. The SMILES string of the molecule is O=C1C=Cc2ccccc2C1=NN=C1C(=O)C=C(S(=O)(=O)[O-])c2cc(N([O-])[O-])ccc21.O=[N+]([O-])c1ccc2c(N=Nc3c([O-])ccc4ccccc34)c([O-])cc(S(=O)(=O)[O-])c2c1.[Cr+3].[H+].[H+].[H+]. The number of rotatable bonds is 7. The largest absolute Gasteiger partial charge is 3.00 e. The number of hydrogen-bond acceptors (Lipinski definition) is 19. The first-order valence-electron chi connectivity index (χ1n) is 17.3. The maximum absolute atomic E-state index is 12.5. The van der Waals surface area contributed by atoms with Gasteiger partial charge in [-0.05, 0) is 47.4 Å². The monoisotopic (exact) mass is 927 g/mol. The summed E-state index contributed by atoms with van der Waals surface area (Å²) in [6, 6.07) is 23.2. The normalized spacial score (nSPS) is 14.8. The van der Waals surface area contributed by atoms with E-state index in [0.29, 0.717) is 34.0 Å². The molecule has 0 bridgehead atoms. The van der Waals surface area contributed by atoms with Crippen molar-refractivity contribution in [2.24, 2.45) is 20.4 Å². The number of anilines is 1. The molecule has 0 spiro atoms. The zero-order valence-corrected chi connectivity index (χ0v) is 34.1. The molecule has 315 valence electrons. The Morgan fingerprint density at radius 2 is 1.27 bits per heavy atom. The van der Waals surface area contributed by atoms with E-state index in [0.717, 1.165) is 36.4 Å². The predicted octanol–water partition coefficient (Wildman–Crippen LogP) is 5.45. The summed E-state index contributed by atoms with van der Waals surface area (Å²) in [5.41, 5.74) is -0.987. The van der Waals surface area contributed by atoms with Crippen molar-refractivity contribution in [1.29, 1.82) is 0 Å². The van der Waals surface area contributed by atoms with Gasteiger partial charge in [-0.1, -0.05) is 78.2 Å². The van der Waals surface area contributed by atoms with Crippen LogP contribution in [0.4, 0.5) is 22.7 Å². The summed E-state index contributed by atoms with van der Waals surface area (Å²) in [6.07, 6.45) is 3.45. The van der Waals surface area contributed by atoms with E-state index in [9.17, 15) is 66.3 Å². The molecule has 1 radical (unpaired) electrons. The summed E-state index contributed by atoms with van der Waals surface area (Å²) in [5.74, 6) is -2.78. The van der Waals surface area contributed by atoms with Gasteiger partial charge in [-0.25, -0.2) is 16.8 Å². The third-order valence-electron chi connectivity index (χ3n) is 9.23. The Bertz CT molecular complexity index is 3350. The van der Waals surface area contributed by atoms with Crippen molar-refractivity contribution in [1.82, 2.24) is 0 Å². The van der Waals surface area contributed by atoms with Gasteiger partial charge in [-0.2, -0.15) is 10.2 Å². The molecule has 20 nitrogen and oxygen atoms in total. The maximum atomic E-state index is 12.5. The van der Waals surface area contributed by atoms with Crippen LogP contribution in [0.25, 0.3) is 32.5 Å². The summed E-state index contributed by atoms with van der Waals surface area (Å²) < 4.78 is 69.6. The van der Waals surface area contributed by atoms with Crippen LogP contribution in [-0.2, 0) is 47.2 Å². The van der Waals surface area contributed by atoms with Crippen LogP contribution in [0, 0.1) is 20.5 Å². The van der Waals surface area contributed by atoms with Crippen LogP contribution in [0.1, 0.15) is 26.5 Å². The minimum Gasteiger partial charge on any atom is -0.871 e. The van der Waals surface area contributed by atoms with Crippen LogP contribution in [0.2, 0.25) is 0 Å². The molecule has 0 heterocycles. The molecule has 0 fully saturated rings. The number of azo groups is 1. The predicted molar refractivity (Wildman–Crippen MR) is 221 cm³/mol. The molecule has 6 aromatic rings. The van der Waals surface area contributed by atoms with E-state index in [1.165, 1.54) is 12.1 Å². The van der Waals surface area contributed by atoms with E-state index in [1.54, 1.807) is 60.7 Å². The number of benzene rings is 6. The average Bonchev–Trinajstić information content (AvgIpc) is 3.22. The van der Waals surface area contributed by atoms with E-state index in [1.807, 2.05) is 0 Å². The minimum absolute atomic E-state index is 0. The van der Waals surface area contributed by atoms with Crippen LogP contribution in [0.3, 0.4) is 0 Å². The molecule has 0 aromatic heterocycles. The van der Waals surface area contributed by atoms with Crippen molar-refractivity contribution in [2.75, 3.05) is 5.23 Å². The van der Waals surface area contributed by atoms with Crippen molar-refractivity contribution >= 4 is 98.5 Å². The van der Waals surface area contributed by atoms with Crippen LogP contribution < -0.4 is 15.4 Å². The van der Waals surface area contributed by atoms with E-state index in [-0.39, 0.29) is 66.3 Å². The van der Waals surface area contributed by atoms with Crippen molar-refractivity contribution in [3.05, 3.63) is 158 Å². The molecule has 0 saturated carbocycles. The number of fused-ring (bicyclic) bond motifs is 4. The third-order valence-corrected chi connectivity index (χ3v) is 11.0. The van der Waals surface area contributed by atoms with Gasteiger partial charge in [-0.15, -0.1) is 10.2 Å². The number of carbonyl (C=O) groups excluding carboxylic acids is 2. The number of allylic oxidation sites excluding steroid dienone is 2. The van der Waals surface area contributed by atoms with Gasteiger partial charge in [0.25, 0.3) is 5.69 Å². The third kappa shape index (κ3) is 9.16. The van der Waals surface area contributed by atoms with Gasteiger partial charge < -0.3 is 35.0 Å². The van der Waals surface area contributed by atoms with E-state index >= 15 is 0 Å². The van der Waals surface area contributed by atoms with Crippen LogP contribution >= 0.6 is 0 Å². The van der Waals surface area contributed by atoms with Crippen molar-refractivity contribution < 1.29 is 72.3 Å². The maximum Gasteiger partial charge on any atom is 3.00 e. The molecule has 0 N–H and O–H groups in total. The van der Waals surface area contributed by atoms with Crippen molar-refractivity contribution in [3.8, 4) is 11.5 Å². The molecule has 0 saturated heterocycles. The van der Waals surface area contributed by atoms with E-state index in [4.69, 9.17) is 0 Å². The molecule has 0 aliphatic heterocycles. The smallest absolute Gasteiger partial charge is 0.871 e. The number of ketones is 2. The second-order valence-electron chi connectivity index (χ2n) is 13.0. The van der Waals surface area contributed by atoms with Gasteiger partial charge in [0, 0.05) is 56.7 Å². The van der Waals surface area contributed by atoms with Gasteiger partial charge in [0.1, 0.15) is 31.7 Å². The Hall–Kier alpha value is -7.33. The second kappa shape index (κ2) is 17.6. The van der Waals surface area contributed by atoms with Gasteiger partial charge in [0.05, 0.1) is 26.1 Å². The molecule has 23 heteroatoms. The second-order valence-corrected chi connectivity index (χ2v) is 15.7. The molecule has 2 aliphatic carbocycles. The molecular weight excluding hydrogens is 905 g/mol. The molecule has 0 atom stereocenters. The summed E-state index contributed by atoms with van der Waals surface area (Å²) >= 11 is 0. The molecule has 63 heavy (non-hydrogen) atoms. The number of hydrogen-bond donors (Lipinski definition) is 0. The molecule has 0 amide bonds. The number of nitro groups is 1. The summed E-state index contributed by atoms with van der Waals surface area (Å²) in [5, 5.41) is 73.5. The van der Waals surface area contributed by atoms with Crippen molar-refractivity contribution in [2.45, 2.75) is 4.90 Å². The first kappa shape index (κ1) is 45.2. The number of nitro benzene ring substituents is 1. The van der Waals surface area contributed by atoms with Crippen LogP contribution in [-0.4, -0.2) is 53.9 Å². The minimum atomic E-state index is -5.11. The summed E-state index contributed by atoms with van der Waals surface area (Å²) in [4.78, 5) is 33.3. The first-order chi connectivity index (χ1) is 29.3. The van der Waals surface area contributed by atoms with E-state index in [2.05, 4.69) is 20.4 Å². The van der Waals surface area contributed by atoms with Gasteiger partial charge >= 0.3 is 21.6 Å². The summed E-state index contributed by atoms with van der Waals surface area (Å²) in [6.45, 7) is 0. The summed E-state index contributed by atoms with van der Waals surface area (Å²) in [7, 11) is -10.2. The first-order valence-corrected chi connectivity index (χ1v) is 20.1. The zero-order valence-electron chi connectivity index (χ0n) is 34.2.